The van der Waals surface area contributed by atoms with Crippen LogP contribution in [0.5, 0.6) is 5.75 Å². The number of carbonyl (C=O) groups excluding carboxylic acids is 1. The van der Waals surface area contributed by atoms with Gasteiger partial charge in [0, 0.05) is 50.3 Å². The number of halogens is 1. The molecule has 0 saturated heterocycles. The smallest absolute Gasteiger partial charge is 0.340 e. The zero-order chi connectivity index (χ0) is 46.4. The summed E-state index contributed by atoms with van der Waals surface area (Å²) < 4.78 is 14.2. The van der Waals surface area contributed by atoms with Gasteiger partial charge in [0.05, 0.1) is 35.1 Å². The first-order chi connectivity index (χ1) is 33.1. The SMILES string of the molecule is COC(=O)c1csc2c(-c3cc(Cl)ccc3OCCn3c(C)nc4c(c3=O)CC(N(C)C3CC(c5cccc6c5Cc5ccccc5-6)(c5cccc6c5Cc5ccccc5-6)C3)CC4)cc(C)nc12. The second-order valence-electron chi connectivity index (χ2n) is 19.2. The molecule has 1 saturated carbocycles. The fourth-order valence-corrected chi connectivity index (χ4v) is 13.4. The van der Waals surface area contributed by atoms with Crippen LogP contribution in [0.1, 0.15) is 85.8 Å². The fourth-order valence-electron chi connectivity index (χ4n) is 12.2. The van der Waals surface area contributed by atoms with Crippen LogP contribution >= 0.6 is 22.9 Å². The molecule has 0 aliphatic heterocycles. The summed E-state index contributed by atoms with van der Waals surface area (Å²) in [5, 5.41) is 2.34. The van der Waals surface area contributed by atoms with Crippen LogP contribution in [0.25, 0.3) is 43.6 Å². The number of methoxy groups -OCH3 is 1. The molecular weight excluding hydrogens is 884 g/mol. The van der Waals surface area contributed by atoms with Gasteiger partial charge in [-0.25, -0.2) is 9.78 Å². The van der Waals surface area contributed by atoms with Crippen LogP contribution in [0.15, 0.2) is 119 Å². The lowest BCUT2D eigenvalue weighted by molar-refractivity contribution is 0.0539. The Balaban J connectivity index is 0.808. The number of likely N-dealkylation sites (N-methyl/N-ethyl adjacent to an activating group) is 1. The fraction of sp³-hybridized carbons (Fsp3) is 0.276. The lowest BCUT2D eigenvalue weighted by Gasteiger charge is -2.55. The standard InChI is InChI=1S/C58H51ClN4O4S/c1-33-25-47(55-54(60-33)49(32-68-55)57(65)66-4)46-28-37(59)19-22-53(46)67-24-23-63-34(2)61-52-21-20-38(29-48(52)56(63)64)62(3)39-30-58(31-39,50-17-9-15-42-40-13-7-5-11-35(40)26-44(42)50)51-18-10-16-43-41-14-8-6-12-36(41)27-45(43)51/h5-19,22,25,28,32,38-39H,20-21,23-24,26-27,29-31H2,1-4H3. The predicted molar refractivity (Wildman–Crippen MR) is 272 cm³/mol. The summed E-state index contributed by atoms with van der Waals surface area (Å²) in [6.45, 7) is 4.41. The van der Waals surface area contributed by atoms with Gasteiger partial charge in [-0.15, -0.1) is 11.3 Å². The molecule has 5 aromatic carbocycles. The Labute approximate surface area is 405 Å². The number of fused-ring (bicyclic) bond motifs is 8. The maximum Gasteiger partial charge on any atom is 0.340 e. The van der Waals surface area contributed by atoms with Crippen LogP contribution < -0.4 is 10.3 Å². The lowest BCUT2D eigenvalue weighted by Crippen LogP contribution is -2.57. The largest absolute Gasteiger partial charge is 0.491 e. The molecule has 1 unspecified atom stereocenters. The number of benzene rings is 5. The normalized spacial score (nSPS) is 16.5. The van der Waals surface area contributed by atoms with Gasteiger partial charge >= 0.3 is 5.97 Å². The lowest BCUT2D eigenvalue weighted by atomic mass is 9.55. The number of aromatic nitrogens is 3. The van der Waals surface area contributed by atoms with Gasteiger partial charge in [0.1, 0.15) is 18.2 Å². The maximum absolute atomic E-state index is 14.6. The molecule has 0 radical (unpaired) electrons. The van der Waals surface area contributed by atoms with E-state index in [1.54, 1.807) is 16.0 Å². The number of ether oxygens (including phenoxy) is 2. The number of esters is 1. The van der Waals surface area contributed by atoms with E-state index in [0.29, 0.717) is 46.7 Å². The zero-order valence-corrected chi connectivity index (χ0v) is 40.3. The first-order valence-corrected chi connectivity index (χ1v) is 25.0. The molecule has 0 amide bonds. The minimum Gasteiger partial charge on any atom is -0.491 e. The quantitative estimate of drug-likeness (QED) is 0.126. The second-order valence-corrected chi connectivity index (χ2v) is 20.5. The molecule has 340 valence electrons. The average molecular weight is 936 g/mol. The van der Waals surface area contributed by atoms with Gasteiger partial charge in [-0.2, -0.15) is 0 Å². The van der Waals surface area contributed by atoms with Gasteiger partial charge in [0.2, 0.25) is 0 Å². The number of hydrogen-bond donors (Lipinski definition) is 0. The van der Waals surface area contributed by atoms with Crippen molar-refractivity contribution in [3.8, 4) is 39.1 Å². The molecule has 1 atom stereocenters. The van der Waals surface area contributed by atoms with E-state index in [-0.39, 0.29) is 23.6 Å². The highest BCUT2D eigenvalue weighted by Gasteiger charge is 2.52. The van der Waals surface area contributed by atoms with Crippen LogP contribution in [-0.4, -0.2) is 58.3 Å². The van der Waals surface area contributed by atoms with Gasteiger partial charge in [-0.3, -0.25) is 14.3 Å². The third-order valence-corrected chi connectivity index (χ3v) is 16.8. The van der Waals surface area contributed by atoms with Crippen molar-refractivity contribution in [1.82, 2.24) is 19.4 Å². The van der Waals surface area contributed by atoms with Crippen molar-refractivity contribution >= 4 is 39.1 Å². The Morgan fingerprint density at radius 1 is 0.794 bits per heavy atom. The van der Waals surface area contributed by atoms with E-state index in [9.17, 15) is 9.59 Å². The number of thiophene rings is 1. The van der Waals surface area contributed by atoms with Gasteiger partial charge in [0.25, 0.3) is 5.56 Å². The van der Waals surface area contributed by atoms with Crippen LogP contribution in [0.4, 0.5) is 0 Å². The van der Waals surface area contributed by atoms with Gasteiger partial charge in [-0.05, 0) is 146 Å². The molecule has 1 fully saturated rings. The first-order valence-electron chi connectivity index (χ1n) is 23.7. The summed E-state index contributed by atoms with van der Waals surface area (Å²) in [5.74, 6) is 0.888. The second kappa shape index (κ2) is 16.7. The van der Waals surface area contributed by atoms with Gasteiger partial charge in [0.15, 0.2) is 0 Å². The summed E-state index contributed by atoms with van der Waals surface area (Å²) in [6, 6.07) is 40.0. The molecule has 3 aromatic heterocycles. The van der Waals surface area contributed by atoms with E-state index >= 15 is 0 Å². The van der Waals surface area contributed by atoms with Crippen LogP contribution in [0.2, 0.25) is 5.02 Å². The zero-order valence-electron chi connectivity index (χ0n) is 38.7. The van der Waals surface area contributed by atoms with E-state index in [2.05, 4.69) is 102 Å². The third-order valence-electron chi connectivity index (χ3n) is 15.6. The minimum absolute atomic E-state index is 0.0210. The third kappa shape index (κ3) is 6.87. The number of rotatable bonds is 10. The number of hydrogen-bond acceptors (Lipinski definition) is 8. The molecule has 10 heteroatoms. The molecule has 68 heavy (non-hydrogen) atoms. The van der Waals surface area contributed by atoms with Gasteiger partial charge in [-0.1, -0.05) is 96.5 Å². The Kier molecular flexibility index (Phi) is 10.5. The molecule has 0 bridgehead atoms. The molecule has 8 aromatic rings. The summed E-state index contributed by atoms with van der Waals surface area (Å²) >= 11 is 8.02. The highest BCUT2D eigenvalue weighted by Crippen LogP contribution is 2.57. The summed E-state index contributed by atoms with van der Waals surface area (Å²) in [5.41, 5.74) is 19.3. The molecule has 4 aliphatic rings. The molecule has 12 rings (SSSR count). The van der Waals surface area contributed by atoms with Gasteiger partial charge < -0.3 is 14.4 Å². The monoisotopic (exact) mass is 934 g/mol. The Morgan fingerprint density at radius 3 is 2.13 bits per heavy atom. The van der Waals surface area contributed by atoms with Crippen molar-refractivity contribution in [2.75, 3.05) is 20.8 Å². The van der Waals surface area contributed by atoms with E-state index in [4.69, 9.17) is 26.1 Å². The van der Waals surface area contributed by atoms with Crippen molar-refractivity contribution in [3.63, 3.8) is 0 Å². The maximum atomic E-state index is 14.6. The topological polar surface area (TPSA) is 86.5 Å². The average Bonchev–Trinajstić information content (AvgIpc) is 4.06. The Bertz CT molecular complexity index is 3340. The van der Waals surface area contributed by atoms with E-state index in [1.165, 1.54) is 74.1 Å². The minimum atomic E-state index is -0.430. The number of pyridine rings is 1. The first kappa shape index (κ1) is 42.9. The molecule has 3 heterocycles. The highest BCUT2D eigenvalue weighted by atomic mass is 35.5. The van der Waals surface area contributed by atoms with Crippen molar-refractivity contribution < 1.29 is 14.3 Å². The molecule has 0 N–H and O–H groups in total. The van der Waals surface area contributed by atoms with Crippen LogP contribution in [0, 0.1) is 13.8 Å². The number of carbonyl (C=O) groups is 1. The van der Waals surface area contributed by atoms with Crippen molar-refractivity contribution in [3.05, 3.63) is 192 Å². The van der Waals surface area contributed by atoms with E-state index < -0.39 is 5.97 Å². The predicted octanol–water partition coefficient (Wildman–Crippen LogP) is 11.7. The molecular formula is C58H51ClN4O4S. The summed E-state index contributed by atoms with van der Waals surface area (Å²) in [4.78, 5) is 39.5. The number of nitrogens with zero attached hydrogens (tertiary/aromatic N) is 4. The van der Waals surface area contributed by atoms with Crippen molar-refractivity contribution in [2.45, 2.75) is 82.8 Å². The molecule has 8 nitrogen and oxygen atoms in total. The van der Waals surface area contributed by atoms with Crippen molar-refractivity contribution in [1.29, 1.82) is 0 Å². The van der Waals surface area contributed by atoms with Crippen LogP contribution in [-0.2, 0) is 42.4 Å². The number of aryl methyl sites for hydroxylation is 3. The molecule has 4 aliphatic carbocycles. The Hall–Kier alpha value is -6.39. The molecule has 0 spiro atoms. The summed E-state index contributed by atoms with van der Waals surface area (Å²) in [7, 11) is 3.67. The van der Waals surface area contributed by atoms with E-state index in [1.807, 2.05) is 32.0 Å². The van der Waals surface area contributed by atoms with Crippen LogP contribution in [0.3, 0.4) is 0 Å². The Morgan fingerprint density at radius 2 is 1.46 bits per heavy atom. The van der Waals surface area contributed by atoms with E-state index in [0.717, 1.165) is 71.3 Å². The summed E-state index contributed by atoms with van der Waals surface area (Å²) in [6.07, 6.45) is 6.38. The van der Waals surface area contributed by atoms with Crippen molar-refractivity contribution in [2.24, 2.45) is 0 Å². The highest BCUT2D eigenvalue weighted by molar-refractivity contribution is 7.18.